The zero-order valence-corrected chi connectivity index (χ0v) is 17.0. The van der Waals surface area contributed by atoms with Crippen molar-refractivity contribution in [3.63, 3.8) is 0 Å². The number of carbonyl (C=O) groups excluding carboxylic acids is 1. The van der Waals surface area contributed by atoms with Crippen LogP contribution in [0.3, 0.4) is 0 Å². The van der Waals surface area contributed by atoms with Crippen LogP contribution < -0.4 is 5.32 Å². The van der Waals surface area contributed by atoms with Gasteiger partial charge in [0.1, 0.15) is 0 Å². The second-order valence-corrected chi connectivity index (χ2v) is 9.12. The van der Waals surface area contributed by atoms with Gasteiger partial charge in [0.15, 0.2) is 0 Å². The number of halogens is 1. The Morgan fingerprint density at radius 3 is 2.46 bits per heavy atom. The lowest BCUT2D eigenvalue weighted by Crippen LogP contribution is -2.52. The van der Waals surface area contributed by atoms with Crippen LogP contribution in [0.4, 0.5) is 0 Å². The second-order valence-electron chi connectivity index (χ2n) is 7.19. The summed E-state index contributed by atoms with van der Waals surface area (Å²) < 4.78 is 27.1. The first-order chi connectivity index (χ1) is 11.9. The standard InChI is InChI=1S/C18H27N3O3S.ClH/c1-14-4-3-10-20(13-14)25(23,24)17-7-5-16(6-8-17)18(22)21-11-9-19-12-15(21)2;/h5-8,14-15,19H,3-4,9-13H2,1-2H3;1H/t14?,15-;/m1./s1. The number of carbonyl (C=O) groups is 1. The maximum atomic E-state index is 12.8. The Morgan fingerprint density at radius 2 is 1.85 bits per heavy atom. The van der Waals surface area contributed by atoms with Gasteiger partial charge in [0, 0.05) is 44.3 Å². The fraction of sp³-hybridized carbons (Fsp3) is 0.611. The molecule has 2 fully saturated rings. The van der Waals surface area contributed by atoms with Crippen LogP contribution in [0, 0.1) is 5.92 Å². The fourth-order valence-corrected chi connectivity index (χ4v) is 5.19. The Balaban J connectivity index is 0.00000243. The highest BCUT2D eigenvalue weighted by Gasteiger charge is 2.29. The Morgan fingerprint density at radius 1 is 1.15 bits per heavy atom. The van der Waals surface area contributed by atoms with Gasteiger partial charge in [-0.1, -0.05) is 6.92 Å². The molecule has 26 heavy (non-hydrogen) atoms. The smallest absolute Gasteiger partial charge is 0.254 e. The number of nitrogens with one attached hydrogen (secondary N) is 1. The number of hydrogen-bond donors (Lipinski definition) is 1. The quantitative estimate of drug-likeness (QED) is 0.840. The number of amides is 1. The number of piperazine rings is 1. The summed E-state index contributed by atoms with van der Waals surface area (Å²) in [7, 11) is -3.47. The van der Waals surface area contributed by atoms with Crippen molar-refractivity contribution in [2.45, 2.75) is 37.6 Å². The molecule has 2 aliphatic heterocycles. The first kappa shape index (κ1) is 21.2. The molecule has 0 spiro atoms. The summed E-state index contributed by atoms with van der Waals surface area (Å²) in [4.78, 5) is 14.8. The molecule has 1 N–H and O–H groups in total. The van der Waals surface area contributed by atoms with Crippen molar-refractivity contribution in [3.8, 4) is 0 Å². The molecule has 1 amide bonds. The summed E-state index contributed by atoms with van der Waals surface area (Å²) in [6.07, 6.45) is 1.97. The molecule has 1 aromatic carbocycles. The largest absolute Gasteiger partial charge is 0.333 e. The first-order valence-electron chi connectivity index (χ1n) is 9.01. The molecule has 2 aliphatic rings. The summed E-state index contributed by atoms with van der Waals surface area (Å²) in [5.41, 5.74) is 0.541. The molecular formula is C18H28ClN3O3S. The SMILES string of the molecule is CC1CCCN(S(=O)(=O)c2ccc(C(=O)N3CCNC[C@H]3C)cc2)C1.Cl. The average Bonchev–Trinajstić information content (AvgIpc) is 2.62. The minimum Gasteiger partial charge on any atom is -0.333 e. The summed E-state index contributed by atoms with van der Waals surface area (Å²) in [6, 6.07) is 6.54. The van der Waals surface area contributed by atoms with Gasteiger partial charge < -0.3 is 10.2 Å². The average molecular weight is 402 g/mol. The normalized spacial score (nSPS) is 24.8. The molecule has 146 valence electrons. The molecule has 0 aliphatic carbocycles. The molecule has 8 heteroatoms. The third-order valence-corrected chi connectivity index (χ3v) is 7.00. The van der Waals surface area contributed by atoms with Crippen molar-refractivity contribution in [1.82, 2.24) is 14.5 Å². The molecular weight excluding hydrogens is 374 g/mol. The lowest BCUT2D eigenvalue weighted by atomic mass is 10.0. The third-order valence-electron chi connectivity index (χ3n) is 5.12. The van der Waals surface area contributed by atoms with Crippen LogP contribution in [-0.4, -0.2) is 62.3 Å². The summed E-state index contributed by atoms with van der Waals surface area (Å²) in [5, 5.41) is 3.26. The number of nitrogens with zero attached hydrogens (tertiary/aromatic N) is 2. The van der Waals surface area contributed by atoms with E-state index in [0.29, 0.717) is 31.1 Å². The van der Waals surface area contributed by atoms with Gasteiger partial charge in [-0.2, -0.15) is 4.31 Å². The van der Waals surface area contributed by atoms with Gasteiger partial charge in [-0.05, 0) is 49.9 Å². The second kappa shape index (κ2) is 8.69. The molecule has 3 rings (SSSR count). The fourth-order valence-electron chi connectivity index (χ4n) is 3.59. The third kappa shape index (κ3) is 4.39. The van der Waals surface area contributed by atoms with E-state index in [4.69, 9.17) is 0 Å². The van der Waals surface area contributed by atoms with Crippen LogP contribution in [0.2, 0.25) is 0 Å². The molecule has 0 radical (unpaired) electrons. The van der Waals surface area contributed by atoms with Crippen molar-refractivity contribution in [2.75, 3.05) is 32.7 Å². The Kier molecular flexibility index (Phi) is 7.07. The number of piperidine rings is 1. The predicted octanol–water partition coefficient (Wildman–Crippen LogP) is 1.96. The van der Waals surface area contributed by atoms with Gasteiger partial charge in [-0.25, -0.2) is 8.42 Å². The van der Waals surface area contributed by atoms with Gasteiger partial charge in [-0.15, -0.1) is 12.4 Å². The van der Waals surface area contributed by atoms with Gasteiger partial charge in [0.25, 0.3) is 5.91 Å². The Bertz CT molecular complexity index is 724. The van der Waals surface area contributed by atoms with Crippen LogP contribution in [0.15, 0.2) is 29.2 Å². The molecule has 2 saturated heterocycles. The van der Waals surface area contributed by atoms with Crippen LogP contribution in [0.25, 0.3) is 0 Å². The predicted molar refractivity (Wildman–Crippen MR) is 104 cm³/mol. The Hall–Kier alpha value is -1.15. The highest BCUT2D eigenvalue weighted by molar-refractivity contribution is 7.89. The van der Waals surface area contributed by atoms with Crippen molar-refractivity contribution in [3.05, 3.63) is 29.8 Å². The van der Waals surface area contributed by atoms with Crippen molar-refractivity contribution < 1.29 is 13.2 Å². The highest BCUT2D eigenvalue weighted by Crippen LogP contribution is 2.24. The monoisotopic (exact) mass is 401 g/mol. The Labute approximate surface area is 162 Å². The van der Waals surface area contributed by atoms with Crippen molar-refractivity contribution in [2.24, 2.45) is 5.92 Å². The van der Waals surface area contributed by atoms with Crippen molar-refractivity contribution >= 4 is 28.3 Å². The number of benzene rings is 1. The van der Waals surface area contributed by atoms with E-state index in [1.54, 1.807) is 28.6 Å². The first-order valence-corrected chi connectivity index (χ1v) is 10.5. The minimum atomic E-state index is -3.47. The van der Waals surface area contributed by atoms with Gasteiger partial charge in [0.05, 0.1) is 4.90 Å². The maximum Gasteiger partial charge on any atom is 0.254 e. The molecule has 6 nitrogen and oxygen atoms in total. The van der Waals surface area contributed by atoms with E-state index >= 15 is 0 Å². The van der Waals surface area contributed by atoms with E-state index in [2.05, 4.69) is 12.2 Å². The number of hydrogen-bond acceptors (Lipinski definition) is 4. The molecule has 0 bridgehead atoms. The molecule has 2 atom stereocenters. The molecule has 0 saturated carbocycles. The summed E-state index contributed by atoms with van der Waals surface area (Å²) in [6.45, 7) is 7.48. The molecule has 1 aromatic rings. The van der Waals surface area contributed by atoms with E-state index < -0.39 is 10.0 Å². The minimum absolute atomic E-state index is 0. The highest BCUT2D eigenvalue weighted by atomic mass is 35.5. The van der Waals surface area contributed by atoms with Crippen LogP contribution in [0.1, 0.15) is 37.0 Å². The number of rotatable bonds is 3. The van der Waals surface area contributed by atoms with Crippen LogP contribution >= 0.6 is 12.4 Å². The maximum absolute atomic E-state index is 12.8. The number of sulfonamides is 1. The van der Waals surface area contributed by atoms with E-state index in [0.717, 1.165) is 25.9 Å². The lowest BCUT2D eigenvalue weighted by Gasteiger charge is -2.34. The van der Waals surface area contributed by atoms with E-state index in [9.17, 15) is 13.2 Å². The molecule has 0 aromatic heterocycles. The van der Waals surface area contributed by atoms with Gasteiger partial charge in [0.2, 0.25) is 10.0 Å². The zero-order chi connectivity index (χ0) is 18.0. The summed E-state index contributed by atoms with van der Waals surface area (Å²) in [5.74, 6) is 0.350. The van der Waals surface area contributed by atoms with Gasteiger partial charge >= 0.3 is 0 Å². The van der Waals surface area contributed by atoms with Crippen LogP contribution in [-0.2, 0) is 10.0 Å². The summed E-state index contributed by atoms with van der Waals surface area (Å²) >= 11 is 0. The lowest BCUT2D eigenvalue weighted by molar-refractivity contribution is 0.0655. The van der Waals surface area contributed by atoms with E-state index in [1.165, 1.54) is 0 Å². The topological polar surface area (TPSA) is 69.7 Å². The van der Waals surface area contributed by atoms with E-state index in [1.807, 2.05) is 11.8 Å². The molecule has 1 unspecified atom stereocenters. The molecule has 2 heterocycles. The van der Waals surface area contributed by atoms with Crippen LogP contribution in [0.5, 0.6) is 0 Å². The van der Waals surface area contributed by atoms with E-state index in [-0.39, 0.29) is 29.3 Å². The zero-order valence-electron chi connectivity index (χ0n) is 15.3. The van der Waals surface area contributed by atoms with Gasteiger partial charge in [-0.3, -0.25) is 4.79 Å². The van der Waals surface area contributed by atoms with Crippen molar-refractivity contribution in [1.29, 1.82) is 0 Å².